The first-order valence-corrected chi connectivity index (χ1v) is 6.71. The van der Waals surface area contributed by atoms with Crippen LogP contribution in [0.5, 0.6) is 0 Å². The van der Waals surface area contributed by atoms with E-state index in [1.807, 2.05) is 45.2 Å². The fraction of sp³-hybridized carbons (Fsp3) is 0.385. The highest BCUT2D eigenvalue weighted by atomic mass is 32.2. The second-order valence-corrected chi connectivity index (χ2v) is 3.61. The molecule has 1 aromatic carbocycles. The average Bonchev–Trinajstić information content (AvgIpc) is 2.39. The molecule has 0 spiro atoms. The molecular formula is C13H19NOS. The molecule has 0 aromatic heterocycles. The summed E-state index contributed by atoms with van der Waals surface area (Å²) in [6.07, 6.45) is 2.74. The van der Waals surface area contributed by atoms with E-state index in [1.165, 1.54) is 11.8 Å². The Labute approximate surface area is 102 Å². The van der Waals surface area contributed by atoms with Gasteiger partial charge in [0.1, 0.15) is 0 Å². The minimum Gasteiger partial charge on any atom is -0.267 e. The summed E-state index contributed by atoms with van der Waals surface area (Å²) in [7, 11) is 0. The maximum atomic E-state index is 11.6. The summed E-state index contributed by atoms with van der Waals surface area (Å²) in [5.41, 5.74) is 0.646. The highest BCUT2D eigenvalue weighted by molar-refractivity contribution is 8.13. The Balaban J connectivity index is 0.00000106. The maximum Gasteiger partial charge on any atom is 0.277 e. The van der Waals surface area contributed by atoms with Gasteiger partial charge in [-0.05, 0) is 24.8 Å². The van der Waals surface area contributed by atoms with Crippen molar-refractivity contribution in [3.8, 4) is 0 Å². The molecule has 0 saturated carbocycles. The molecule has 3 heteroatoms. The lowest BCUT2D eigenvalue weighted by molar-refractivity contribution is 0.100. The van der Waals surface area contributed by atoms with E-state index < -0.39 is 0 Å². The number of amides is 1. The van der Waals surface area contributed by atoms with Gasteiger partial charge in [0.05, 0.1) is 5.04 Å². The van der Waals surface area contributed by atoms with Crippen LogP contribution in [0.4, 0.5) is 0 Å². The molecule has 0 radical (unpaired) electrons. The van der Waals surface area contributed by atoms with Crippen LogP contribution in [0.15, 0.2) is 35.3 Å². The van der Waals surface area contributed by atoms with Gasteiger partial charge in [0.25, 0.3) is 5.91 Å². The molecule has 0 aliphatic carbocycles. The molecule has 0 N–H and O–H groups in total. The van der Waals surface area contributed by atoms with Crippen LogP contribution >= 0.6 is 11.8 Å². The lowest BCUT2D eigenvalue weighted by Gasteiger charge is -1.98. The molecule has 0 fully saturated rings. The lowest BCUT2D eigenvalue weighted by atomic mass is 10.2. The zero-order chi connectivity index (χ0) is 12.4. The van der Waals surface area contributed by atoms with Gasteiger partial charge in [-0.1, -0.05) is 39.0 Å². The van der Waals surface area contributed by atoms with Crippen LogP contribution in [0.25, 0.3) is 0 Å². The van der Waals surface area contributed by atoms with Gasteiger partial charge in [-0.3, -0.25) is 4.79 Å². The van der Waals surface area contributed by atoms with Gasteiger partial charge < -0.3 is 0 Å². The van der Waals surface area contributed by atoms with E-state index in [4.69, 9.17) is 0 Å². The van der Waals surface area contributed by atoms with Crippen molar-refractivity contribution in [3.63, 3.8) is 0 Å². The lowest BCUT2D eigenvalue weighted by Crippen LogP contribution is -1.99. The number of carbonyl (C=O) groups is 1. The van der Waals surface area contributed by atoms with E-state index in [0.717, 1.165) is 11.5 Å². The third-order valence-electron chi connectivity index (χ3n) is 1.79. The molecule has 0 unspecified atom stereocenters. The number of hydrogen-bond donors (Lipinski definition) is 0. The Morgan fingerprint density at radius 1 is 1.25 bits per heavy atom. The van der Waals surface area contributed by atoms with E-state index >= 15 is 0 Å². The highest BCUT2D eigenvalue weighted by Gasteiger charge is 2.03. The van der Waals surface area contributed by atoms with Crippen molar-refractivity contribution in [1.82, 2.24) is 0 Å². The largest absolute Gasteiger partial charge is 0.277 e. The highest BCUT2D eigenvalue weighted by Crippen LogP contribution is 2.06. The van der Waals surface area contributed by atoms with Crippen LogP contribution < -0.4 is 0 Å². The molecule has 0 aliphatic rings. The topological polar surface area (TPSA) is 29.4 Å². The summed E-state index contributed by atoms with van der Waals surface area (Å²) >= 11 is 1.52. The number of benzene rings is 1. The Kier molecular flexibility index (Phi) is 8.53. The van der Waals surface area contributed by atoms with Crippen molar-refractivity contribution in [3.05, 3.63) is 35.9 Å². The zero-order valence-corrected chi connectivity index (χ0v) is 11.2. The van der Waals surface area contributed by atoms with Crippen LogP contribution in [0.3, 0.4) is 0 Å². The molecule has 0 heterocycles. The molecule has 88 valence electrons. The third kappa shape index (κ3) is 5.12. The van der Waals surface area contributed by atoms with Crippen LogP contribution in [0, 0.1) is 0 Å². The summed E-state index contributed by atoms with van der Waals surface area (Å²) in [6.45, 7) is 5.99. The van der Waals surface area contributed by atoms with Gasteiger partial charge in [-0.2, -0.15) is 0 Å². The smallest absolute Gasteiger partial charge is 0.267 e. The first-order chi connectivity index (χ1) is 7.77. The first kappa shape index (κ1) is 14.9. The molecule has 0 atom stereocenters. The third-order valence-corrected chi connectivity index (χ3v) is 2.64. The Morgan fingerprint density at radius 2 is 1.81 bits per heavy atom. The van der Waals surface area contributed by atoms with E-state index in [0.29, 0.717) is 5.56 Å². The molecule has 16 heavy (non-hydrogen) atoms. The number of nitrogens with zero attached hydrogens (tertiary/aromatic N) is 1. The summed E-state index contributed by atoms with van der Waals surface area (Å²) in [5.74, 6) is -0.156. The molecular weight excluding hydrogens is 218 g/mol. The monoisotopic (exact) mass is 237 g/mol. The Bertz CT molecular complexity index is 327. The zero-order valence-electron chi connectivity index (χ0n) is 10.4. The van der Waals surface area contributed by atoms with E-state index in [9.17, 15) is 4.79 Å². The number of aliphatic imine (C=N–C) groups is 1. The van der Waals surface area contributed by atoms with Crippen molar-refractivity contribution in [2.45, 2.75) is 27.2 Å². The van der Waals surface area contributed by atoms with Crippen molar-refractivity contribution < 1.29 is 4.79 Å². The minimum atomic E-state index is -0.156. The van der Waals surface area contributed by atoms with Crippen molar-refractivity contribution >= 4 is 22.7 Å². The van der Waals surface area contributed by atoms with Gasteiger partial charge in [-0.15, -0.1) is 11.8 Å². The first-order valence-electron chi connectivity index (χ1n) is 5.49. The van der Waals surface area contributed by atoms with Gasteiger partial charge in [0.15, 0.2) is 0 Å². The molecule has 2 nitrogen and oxygen atoms in total. The Morgan fingerprint density at radius 3 is 2.25 bits per heavy atom. The van der Waals surface area contributed by atoms with Crippen LogP contribution in [-0.4, -0.2) is 17.2 Å². The molecule has 0 bridgehead atoms. The summed E-state index contributed by atoms with van der Waals surface area (Å²) in [5, 5.41) is 0.874. The summed E-state index contributed by atoms with van der Waals surface area (Å²) in [4.78, 5) is 15.6. The fourth-order valence-corrected chi connectivity index (χ4v) is 1.49. The quantitative estimate of drug-likeness (QED) is 0.574. The SMILES string of the molecule is CC.CCC(=NC(=O)c1ccccc1)SC. The molecule has 0 saturated heterocycles. The van der Waals surface area contributed by atoms with E-state index in [2.05, 4.69) is 4.99 Å². The van der Waals surface area contributed by atoms with Crippen molar-refractivity contribution in [2.75, 3.05) is 6.26 Å². The van der Waals surface area contributed by atoms with E-state index in [1.54, 1.807) is 12.1 Å². The minimum absolute atomic E-state index is 0.156. The predicted molar refractivity (Wildman–Crippen MR) is 73.4 cm³/mol. The fourth-order valence-electron chi connectivity index (χ4n) is 1.03. The number of rotatable bonds is 2. The number of thioether (sulfide) groups is 1. The van der Waals surface area contributed by atoms with Gasteiger partial charge in [-0.25, -0.2) is 4.99 Å². The van der Waals surface area contributed by atoms with Crippen molar-refractivity contribution in [2.24, 2.45) is 4.99 Å². The molecule has 1 rings (SSSR count). The standard InChI is InChI=1S/C11H13NOS.C2H6/c1-3-10(14-2)12-11(13)9-7-5-4-6-8-9;1-2/h4-8H,3H2,1-2H3;1-2H3. The number of hydrogen-bond acceptors (Lipinski definition) is 2. The Hall–Kier alpha value is -1.09. The molecule has 1 aromatic rings. The second-order valence-electron chi connectivity index (χ2n) is 2.73. The van der Waals surface area contributed by atoms with E-state index in [-0.39, 0.29) is 5.91 Å². The second kappa shape index (κ2) is 9.16. The van der Waals surface area contributed by atoms with Crippen molar-refractivity contribution in [1.29, 1.82) is 0 Å². The average molecular weight is 237 g/mol. The maximum absolute atomic E-state index is 11.6. The predicted octanol–water partition coefficient (Wildman–Crippen LogP) is 4.02. The van der Waals surface area contributed by atoms with Crippen LogP contribution in [-0.2, 0) is 0 Å². The summed E-state index contributed by atoms with van der Waals surface area (Å²) in [6, 6.07) is 9.12. The van der Waals surface area contributed by atoms with Crippen LogP contribution in [0.2, 0.25) is 0 Å². The normalized spacial score (nSPS) is 10.4. The van der Waals surface area contributed by atoms with Gasteiger partial charge >= 0.3 is 0 Å². The molecule has 0 aliphatic heterocycles. The molecule has 1 amide bonds. The summed E-state index contributed by atoms with van der Waals surface area (Å²) < 4.78 is 0. The van der Waals surface area contributed by atoms with Gasteiger partial charge in [0, 0.05) is 5.56 Å². The van der Waals surface area contributed by atoms with Crippen LogP contribution in [0.1, 0.15) is 37.6 Å². The van der Waals surface area contributed by atoms with Gasteiger partial charge in [0.2, 0.25) is 0 Å². The number of carbonyl (C=O) groups excluding carboxylic acids is 1.